The molecule has 0 saturated heterocycles. The molecule has 3 heteroatoms. The quantitative estimate of drug-likeness (QED) is 0.849. The lowest BCUT2D eigenvalue weighted by Gasteiger charge is -2.14. The van der Waals surface area contributed by atoms with E-state index in [1.54, 1.807) is 0 Å². The summed E-state index contributed by atoms with van der Waals surface area (Å²) in [7, 11) is 3.97. The van der Waals surface area contributed by atoms with Gasteiger partial charge in [-0.3, -0.25) is 4.79 Å². The zero-order valence-corrected chi connectivity index (χ0v) is 11.2. The Morgan fingerprint density at radius 1 is 1.29 bits per heavy atom. The van der Waals surface area contributed by atoms with Gasteiger partial charge in [-0.2, -0.15) is 0 Å². The van der Waals surface area contributed by atoms with Crippen molar-refractivity contribution in [2.75, 3.05) is 19.0 Å². The molecular formula is C14H22N2O. The van der Waals surface area contributed by atoms with Crippen LogP contribution in [0.2, 0.25) is 0 Å². The Labute approximate surface area is 104 Å². The highest BCUT2D eigenvalue weighted by Gasteiger charge is 2.08. The topological polar surface area (TPSA) is 32.3 Å². The highest BCUT2D eigenvalue weighted by molar-refractivity contribution is 5.94. The first kappa shape index (κ1) is 13.6. The van der Waals surface area contributed by atoms with Gasteiger partial charge in [0.15, 0.2) is 0 Å². The van der Waals surface area contributed by atoms with Gasteiger partial charge in [0.25, 0.3) is 5.91 Å². The van der Waals surface area contributed by atoms with Gasteiger partial charge in [0.2, 0.25) is 0 Å². The number of benzene rings is 1. The Hall–Kier alpha value is -1.51. The molecule has 0 heterocycles. The van der Waals surface area contributed by atoms with Gasteiger partial charge in [-0.15, -0.1) is 0 Å². The first-order valence-corrected chi connectivity index (χ1v) is 6.12. The van der Waals surface area contributed by atoms with E-state index in [2.05, 4.69) is 12.2 Å². The molecule has 0 saturated carbocycles. The summed E-state index contributed by atoms with van der Waals surface area (Å²) in [5, 5.41) is 2.99. The Balaban J connectivity index is 2.63. The summed E-state index contributed by atoms with van der Waals surface area (Å²) in [6, 6.07) is 7.88. The van der Waals surface area contributed by atoms with Crippen LogP contribution in [0.15, 0.2) is 24.3 Å². The fourth-order valence-corrected chi connectivity index (χ4v) is 1.72. The van der Waals surface area contributed by atoms with E-state index >= 15 is 0 Å². The van der Waals surface area contributed by atoms with Crippen molar-refractivity contribution < 1.29 is 4.79 Å². The zero-order valence-electron chi connectivity index (χ0n) is 11.2. The second-order valence-corrected chi connectivity index (χ2v) is 4.60. The molecule has 0 bridgehead atoms. The Morgan fingerprint density at radius 3 is 2.35 bits per heavy atom. The summed E-state index contributed by atoms with van der Waals surface area (Å²) in [6.07, 6.45) is 2.10. The lowest BCUT2D eigenvalue weighted by atomic mass is 10.1. The van der Waals surface area contributed by atoms with Crippen LogP contribution in [0.1, 0.15) is 37.0 Å². The lowest BCUT2D eigenvalue weighted by molar-refractivity contribution is 0.0938. The van der Waals surface area contributed by atoms with E-state index in [1.165, 1.54) is 0 Å². The van der Waals surface area contributed by atoms with Crippen molar-refractivity contribution in [2.24, 2.45) is 0 Å². The second kappa shape index (κ2) is 6.28. The molecule has 1 N–H and O–H groups in total. The number of nitrogens with zero attached hydrogens (tertiary/aromatic N) is 1. The van der Waals surface area contributed by atoms with Crippen LogP contribution in [-0.2, 0) is 0 Å². The molecule has 0 aliphatic rings. The van der Waals surface area contributed by atoms with Crippen LogP contribution in [0, 0.1) is 0 Å². The number of anilines is 1. The number of carbonyl (C=O) groups excluding carboxylic acids is 1. The van der Waals surface area contributed by atoms with Crippen molar-refractivity contribution in [3.8, 4) is 0 Å². The average Bonchev–Trinajstić information content (AvgIpc) is 2.29. The molecule has 0 aliphatic heterocycles. The van der Waals surface area contributed by atoms with Crippen LogP contribution in [0.25, 0.3) is 0 Å². The van der Waals surface area contributed by atoms with E-state index in [0.29, 0.717) is 0 Å². The summed E-state index contributed by atoms with van der Waals surface area (Å²) < 4.78 is 0. The Bertz CT molecular complexity index is 357. The third-order valence-electron chi connectivity index (χ3n) is 2.75. The van der Waals surface area contributed by atoms with Crippen LogP contribution in [0.5, 0.6) is 0 Å². The molecule has 1 rings (SSSR count). The van der Waals surface area contributed by atoms with E-state index in [4.69, 9.17) is 0 Å². The molecule has 0 aliphatic carbocycles. The normalized spacial score (nSPS) is 12.0. The molecule has 1 aromatic rings. The van der Waals surface area contributed by atoms with Crippen molar-refractivity contribution in [1.82, 2.24) is 5.32 Å². The number of amides is 1. The fourth-order valence-electron chi connectivity index (χ4n) is 1.72. The minimum absolute atomic E-state index is 0.0104. The fraction of sp³-hybridized carbons (Fsp3) is 0.500. The SMILES string of the molecule is CCCC(C)NC(=O)c1ccc(N(C)C)cc1. The van der Waals surface area contributed by atoms with Crippen LogP contribution in [0.3, 0.4) is 0 Å². The molecule has 0 radical (unpaired) electrons. The molecule has 0 aromatic heterocycles. The largest absolute Gasteiger partial charge is 0.378 e. The Kier molecular flexibility index (Phi) is 5.01. The van der Waals surface area contributed by atoms with E-state index in [1.807, 2.05) is 50.2 Å². The maximum absolute atomic E-state index is 11.9. The van der Waals surface area contributed by atoms with Gasteiger partial charge in [0.1, 0.15) is 0 Å². The second-order valence-electron chi connectivity index (χ2n) is 4.60. The summed E-state index contributed by atoms with van der Waals surface area (Å²) in [4.78, 5) is 13.9. The van der Waals surface area contributed by atoms with Gasteiger partial charge in [0, 0.05) is 31.4 Å². The average molecular weight is 234 g/mol. The number of rotatable bonds is 5. The maximum Gasteiger partial charge on any atom is 0.251 e. The minimum atomic E-state index is 0.0104. The van der Waals surface area contributed by atoms with E-state index < -0.39 is 0 Å². The predicted octanol–water partition coefficient (Wildman–Crippen LogP) is 2.67. The smallest absolute Gasteiger partial charge is 0.251 e. The van der Waals surface area contributed by atoms with Gasteiger partial charge in [-0.05, 0) is 37.6 Å². The van der Waals surface area contributed by atoms with Crippen LogP contribution in [-0.4, -0.2) is 26.0 Å². The summed E-state index contributed by atoms with van der Waals surface area (Å²) in [5.74, 6) is 0.0104. The predicted molar refractivity (Wildman–Crippen MR) is 72.6 cm³/mol. The van der Waals surface area contributed by atoms with Gasteiger partial charge in [-0.1, -0.05) is 13.3 Å². The molecule has 17 heavy (non-hydrogen) atoms. The Morgan fingerprint density at radius 2 is 1.88 bits per heavy atom. The maximum atomic E-state index is 11.9. The highest BCUT2D eigenvalue weighted by atomic mass is 16.1. The highest BCUT2D eigenvalue weighted by Crippen LogP contribution is 2.12. The van der Waals surface area contributed by atoms with E-state index in [9.17, 15) is 4.79 Å². The van der Waals surface area contributed by atoms with Gasteiger partial charge >= 0.3 is 0 Å². The monoisotopic (exact) mass is 234 g/mol. The standard InChI is InChI=1S/C14H22N2O/c1-5-6-11(2)15-14(17)12-7-9-13(10-8-12)16(3)4/h7-11H,5-6H2,1-4H3,(H,15,17). The molecular weight excluding hydrogens is 212 g/mol. The van der Waals surface area contributed by atoms with Gasteiger partial charge in [-0.25, -0.2) is 0 Å². The van der Waals surface area contributed by atoms with Crippen LogP contribution in [0.4, 0.5) is 5.69 Å². The van der Waals surface area contributed by atoms with Crippen molar-refractivity contribution >= 4 is 11.6 Å². The van der Waals surface area contributed by atoms with E-state index in [0.717, 1.165) is 24.1 Å². The molecule has 94 valence electrons. The molecule has 3 nitrogen and oxygen atoms in total. The van der Waals surface area contributed by atoms with Crippen molar-refractivity contribution in [1.29, 1.82) is 0 Å². The van der Waals surface area contributed by atoms with Crippen LogP contribution >= 0.6 is 0 Å². The van der Waals surface area contributed by atoms with Gasteiger partial charge in [0.05, 0.1) is 0 Å². The summed E-state index contributed by atoms with van der Waals surface area (Å²) in [5.41, 5.74) is 1.82. The van der Waals surface area contributed by atoms with Crippen molar-refractivity contribution in [3.05, 3.63) is 29.8 Å². The van der Waals surface area contributed by atoms with Gasteiger partial charge < -0.3 is 10.2 Å². The lowest BCUT2D eigenvalue weighted by Crippen LogP contribution is -2.32. The molecule has 1 amide bonds. The third kappa shape index (κ3) is 4.10. The van der Waals surface area contributed by atoms with Crippen molar-refractivity contribution in [2.45, 2.75) is 32.7 Å². The number of nitrogens with one attached hydrogen (secondary N) is 1. The molecule has 1 aromatic carbocycles. The van der Waals surface area contributed by atoms with E-state index in [-0.39, 0.29) is 11.9 Å². The molecule has 1 unspecified atom stereocenters. The van der Waals surface area contributed by atoms with Crippen LogP contribution < -0.4 is 10.2 Å². The molecule has 0 spiro atoms. The zero-order chi connectivity index (χ0) is 12.8. The molecule has 0 fully saturated rings. The summed E-state index contributed by atoms with van der Waals surface area (Å²) >= 11 is 0. The number of carbonyl (C=O) groups is 1. The first-order valence-electron chi connectivity index (χ1n) is 6.12. The summed E-state index contributed by atoms with van der Waals surface area (Å²) in [6.45, 7) is 4.16. The molecule has 1 atom stereocenters. The van der Waals surface area contributed by atoms with Crippen molar-refractivity contribution in [3.63, 3.8) is 0 Å². The first-order chi connectivity index (χ1) is 8.04. The number of hydrogen-bond donors (Lipinski definition) is 1. The third-order valence-corrected chi connectivity index (χ3v) is 2.75. The minimum Gasteiger partial charge on any atom is -0.378 e. The number of hydrogen-bond acceptors (Lipinski definition) is 2.